The quantitative estimate of drug-likeness (QED) is 0.838. The van der Waals surface area contributed by atoms with Crippen LogP contribution in [0.2, 0.25) is 0 Å². The van der Waals surface area contributed by atoms with Crippen LogP contribution in [0.4, 0.5) is 4.39 Å². The molecule has 2 amide bonds. The van der Waals surface area contributed by atoms with Gasteiger partial charge < -0.3 is 10.2 Å². The monoisotopic (exact) mass is 404 g/mol. The Hall–Kier alpha value is -1.86. The molecule has 1 N–H and O–H groups in total. The largest absolute Gasteiger partial charge is 0.349 e. The first-order valence-corrected chi connectivity index (χ1v) is 11.0. The van der Waals surface area contributed by atoms with Crippen molar-refractivity contribution in [3.63, 3.8) is 0 Å². The summed E-state index contributed by atoms with van der Waals surface area (Å²) >= 11 is 3.12. The number of rotatable bonds is 3. The van der Waals surface area contributed by atoms with Gasteiger partial charge in [0.2, 0.25) is 5.91 Å². The summed E-state index contributed by atoms with van der Waals surface area (Å²) in [5.74, 6) is 0.377. The van der Waals surface area contributed by atoms with Crippen LogP contribution >= 0.6 is 23.1 Å². The van der Waals surface area contributed by atoms with Crippen LogP contribution in [0.3, 0.4) is 0 Å². The molecule has 0 unspecified atom stereocenters. The predicted molar refractivity (Wildman–Crippen MR) is 106 cm³/mol. The summed E-state index contributed by atoms with van der Waals surface area (Å²) in [5.41, 5.74) is 0.863. The van der Waals surface area contributed by atoms with Gasteiger partial charge in [-0.05, 0) is 54.5 Å². The first-order valence-electron chi connectivity index (χ1n) is 9.17. The Bertz CT molecular complexity index is 841. The van der Waals surface area contributed by atoms with E-state index in [1.54, 1.807) is 22.7 Å². The van der Waals surface area contributed by atoms with Crippen molar-refractivity contribution in [2.75, 3.05) is 18.8 Å². The van der Waals surface area contributed by atoms with E-state index in [1.165, 1.54) is 23.5 Å². The number of carbonyl (C=O) groups excluding carboxylic acids is 2. The summed E-state index contributed by atoms with van der Waals surface area (Å²) in [6, 6.07) is 8.31. The number of nitrogens with zero attached hydrogens (tertiary/aromatic N) is 1. The number of hydrogen-bond acceptors (Lipinski definition) is 4. The summed E-state index contributed by atoms with van der Waals surface area (Å²) < 4.78 is 13.7. The van der Waals surface area contributed by atoms with Gasteiger partial charge in [0, 0.05) is 23.7 Å². The highest BCUT2D eigenvalue weighted by atomic mass is 32.2. The van der Waals surface area contributed by atoms with Gasteiger partial charge in [0.1, 0.15) is 5.82 Å². The lowest BCUT2D eigenvalue weighted by atomic mass is 9.95. The molecule has 0 bridgehead atoms. The van der Waals surface area contributed by atoms with Crippen molar-refractivity contribution in [3.05, 3.63) is 52.0 Å². The molecule has 1 saturated heterocycles. The lowest BCUT2D eigenvalue weighted by Crippen LogP contribution is -2.46. The zero-order chi connectivity index (χ0) is 18.8. The first kappa shape index (κ1) is 18.5. The van der Waals surface area contributed by atoms with Gasteiger partial charge >= 0.3 is 0 Å². The van der Waals surface area contributed by atoms with Crippen molar-refractivity contribution < 1.29 is 14.0 Å². The normalized spacial score (nSPS) is 22.2. The SMILES string of the molecule is O=C(N[C@H]1CCSc2ccc(F)cc21)[C@H]1CCCN(C(=O)c2cccs2)C1. The molecular weight excluding hydrogens is 383 g/mol. The van der Waals surface area contributed by atoms with E-state index >= 15 is 0 Å². The molecule has 2 aliphatic heterocycles. The van der Waals surface area contributed by atoms with Gasteiger partial charge in [0.05, 0.1) is 16.8 Å². The summed E-state index contributed by atoms with van der Waals surface area (Å²) in [6.07, 6.45) is 2.38. The summed E-state index contributed by atoms with van der Waals surface area (Å²) in [5, 5.41) is 5.00. The minimum absolute atomic E-state index is 0.00369. The number of halogens is 1. The van der Waals surface area contributed by atoms with E-state index in [1.807, 2.05) is 17.5 Å². The maximum atomic E-state index is 13.7. The van der Waals surface area contributed by atoms with Gasteiger partial charge in [-0.1, -0.05) is 6.07 Å². The van der Waals surface area contributed by atoms with Gasteiger partial charge in [-0.25, -0.2) is 4.39 Å². The van der Waals surface area contributed by atoms with Gasteiger partial charge in [-0.15, -0.1) is 23.1 Å². The van der Waals surface area contributed by atoms with Crippen LogP contribution in [-0.4, -0.2) is 35.6 Å². The molecule has 4 rings (SSSR count). The number of hydrogen-bond donors (Lipinski definition) is 1. The van der Waals surface area contributed by atoms with Crippen molar-refractivity contribution in [2.45, 2.75) is 30.2 Å². The molecule has 4 nitrogen and oxygen atoms in total. The Kier molecular flexibility index (Phi) is 5.50. The highest BCUT2D eigenvalue weighted by molar-refractivity contribution is 7.99. The van der Waals surface area contributed by atoms with E-state index in [2.05, 4.69) is 5.32 Å². The lowest BCUT2D eigenvalue weighted by Gasteiger charge is -2.33. The maximum absolute atomic E-state index is 13.7. The Morgan fingerprint density at radius 3 is 2.93 bits per heavy atom. The molecule has 2 aromatic rings. The minimum Gasteiger partial charge on any atom is -0.349 e. The number of benzene rings is 1. The van der Waals surface area contributed by atoms with Gasteiger partial charge in [-0.3, -0.25) is 9.59 Å². The molecular formula is C20H21FN2O2S2. The third-order valence-corrected chi connectivity index (χ3v) is 7.12. The average Bonchev–Trinajstić information content (AvgIpc) is 3.23. The van der Waals surface area contributed by atoms with Gasteiger partial charge in [0.25, 0.3) is 5.91 Å². The molecule has 0 saturated carbocycles. The van der Waals surface area contributed by atoms with Crippen LogP contribution in [0.5, 0.6) is 0 Å². The predicted octanol–water partition coefficient (Wildman–Crippen LogP) is 4.09. The molecule has 7 heteroatoms. The first-order chi connectivity index (χ1) is 13.1. The van der Waals surface area contributed by atoms with Crippen LogP contribution in [-0.2, 0) is 4.79 Å². The van der Waals surface area contributed by atoms with Crippen molar-refractivity contribution in [2.24, 2.45) is 5.92 Å². The third-order valence-electron chi connectivity index (χ3n) is 5.14. The van der Waals surface area contributed by atoms with Crippen LogP contribution in [0.25, 0.3) is 0 Å². The van der Waals surface area contributed by atoms with E-state index in [9.17, 15) is 14.0 Å². The van der Waals surface area contributed by atoms with Crippen LogP contribution in [0.15, 0.2) is 40.6 Å². The summed E-state index contributed by atoms with van der Waals surface area (Å²) in [4.78, 5) is 29.0. The Balaban J connectivity index is 1.43. The molecule has 0 aliphatic carbocycles. The zero-order valence-corrected chi connectivity index (χ0v) is 16.5. The fraction of sp³-hybridized carbons (Fsp3) is 0.400. The topological polar surface area (TPSA) is 49.4 Å². The van der Waals surface area contributed by atoms with Crippen LogP contribution < -0.4 is 5.32 Å². The van der Waals surface area contributed by atoms with E-state index in [0.717, 1.165) is 35.5 Å². The number of piperidine rings is 1. The standard InChI is InChI=1S/C20H21FN2O2S2/c21-14-5-6-17-15(11-14)16(7-10-27-17)22-19(24)13-3-1-8-23(12-13)20(25)18-4-2-9-26-18/h2,4-6,9,11,13,16H,1,3,7-8,10,12H2,(H,22,24)/t13-,16-/m0/s1. The van der Waals surface area contributed by atoms with E-state index < -0.39 is 0 Å². The molecule has 0 radical (unpaired) electrons. The Labute approximate surface area is 166 Å². The fourth-order valence-corrected chi connectivity index (χ4v) is 5.53. The van der Waals surface area contributed by atoms with Gasteiger partial charge in [0.15, 0.2) is 0 Å². The lowest BCUT2D eigenvalue weighted by molar-refractivity contribution is -0.127. The maximum Gasteiger partial charge on any atom is 0.263 e. The minimum atomic E-state index is -0.277. The van der Waals surface area contributed by atoms with Crippen LogP contribution in [0.1, 0.15) is 40.5 Å². The van der Waals surface area contributed by atoms with Crippen molar-refractivity contribution >= 4 is 34.9 Å². The molecule has 1 aromatic carbocycles. The molecule has 2 atom stereocenters. The number of carbonyl (C=O) groups is 2. The van der Waals surface area contributed by atoms with E-state index in [0.29, 0.717) is 18.0 Å². The Morgan fingerprint density at radius 2 is 2.11 bits per heavy atom. The number of amides is 2. The second-order valence-corrected chi connectivity index (χ2v) is 9.03. The highest BCUT2D eigenvalue weighted by Gasteiger charge is 2.31. The molecule has 0 spiro atoms. The smallest absolute Gasteiger partial charge is 0.263 e. The third kappa shape index (κ3) is 4.04. The number of thioether (sulfide) groups is 1. The molecule has 27 heavy (non-hydrogen) atoms. The average molecular weight is 405 g/mol. The molecule has 3 heterocycles. The number of likely N-dealkylation sites (tertiary alicyclic amines) is 1. The molecule has 142 valence electrons. The Morgan fingerprint density at radius 1 is 1.22 bits per heavy atom. The fourth-order valence-electron chi connectivity index (χ4n) is 3.74. The van der Waals surface area contributed by atoms with Crippen LogP contribution in [0, 0.1) is 11.7 Å². The second-order valence-electron chi connectivity index (χ2n) is 6.95. The number of thiophene rings is 1. The van der Waals surface area contributed by atoms with Crippen molar-refractivity contribution in [1.82, 2.24) is 10.2 Å². The molecule has 2 aliphatic rings. The molecule has 1 aromatic heterocycles. The van der Waals surface area contributed by atoms with Gasteiger partial charge in [-0.2, -0.15) is 0 Å². The number of nitrogens with one attached hydrogen (secondary N) is 1. The second kappa shape index (κ2) is 8.02. The highest BCUT2D eigenvalue weighted by Crippen LogP contribution is 2.36. The van der Waals surface area contributed by atoms with Crippen molar-refractivity contribution in [1.29, 1.82) is 0 Å². The van der Waals surface area contributed by atoms with E-state index in [-0.39, 0.29) is 29.6 Å². The number of fused-ring (bicyclic) bond motifs is 1. The summed E-state index contributed by atoms with van der Waals surface area (Å²) in [6.45, 7) is 1.13. The van der Waals surface area contributed by atoms with E-state index in [4.69, 9.17) is 0 Å². The molecule has 1 fully saturated rings. The zero-order valence-electron chi connectivity index (χ0n) is 14.8. The summed E-state index contributed by atoms with van der Waals surface area (Å²) in [7, 11) is 0. The van der Waals surface area contributed by atoms with Crippen molar-refractivity contribution in [3.8, 4) is 0 Å².